The van der Waals surface area contributed by atoms with E-state index in [1.807, 2.05) is 38.1 Å². The summed E-state index contributed by atoms with van der Waals surface area (Å²) in [5.74, 6) is 0.890. The number of primary amides is 1. The second-order valence-corrected chi connectivity index (χ2v) is 9.71. The van der Waals surface area contributed by atoms with E-state index in [0.717, 1.165) is 40.8 Å². The van der Waals surface area contributed by atoms with Crippen molar-refractivity contribution in [2.45, 2.75) is 45.2 Å². The number of nitrogens with two attached hydrogens (primary N) is 1. The number of carbonyl (C=O) groups is 1. The maximum atomic E-state index is 12.9. The van der Waals surface area contributed by atoms with Crippen molar-refractivity contribution >= 4 is 28.7 Å². The third-order valence-electron chi connectivity index (χ3n) is 7.00. The largest absolute Gasteiger partial charge is 0.496 e. The SMILES string of the molecule is COc1cccc(Nc2cc(NCCC(F)(F)F)c3ncc(-c4ccc(C(N)=O)c(C)c4C4CC4)n3n2)c1C. The minimum Gasteiger partial charge on any atom is -0.496 e. The molecule has 4 N–H and O–H groups in total. The van der Waals surface area contributed by atoms with Gasteiger partial charge in [0.25, 0.3) is 0 Å². The molecule has 1 fully saturated rings. The first-order valence-corrected chi connectivity index (χ1v) is 12.6. The predicted octanol–water partition coefficient (Wildman–Crippen LogP) is 6.11. The lowest BCUT2D eigenvalue weighted by atomic mass is 9.92. The first-order chi connectivity index (χ1) is 18.6. The van der Waals surface area contributed by atoms with Gasteiger partial charge in [-0.3, -0.25) is 4.79 Å². The van der Waals surface area contributed by atoms with Gasteiger partial charge in [-0.15, -0.1) is 5.10 Å². The van der Waals surface area contributed by atoms with Crippen molar-refractivity contribution in [3.8, 4) is 17.0 Å². The zero-order valence-corrected chi connectivity index (χ0v) is 21.8. The van der Waals surface area contributed by atoms with Crippen LogP contribution in [0.25, 0.3) is 16.9 Å². The van der Waals surface area contributed by atoms with Crippen molar-refractivity contribution < 1.29 is 22.7 Å². The molecule has 8 nitrogen and oxygen atoms in total. The van der Waals surface area contributed by atoms with Crippen molar-refractivity contribution in [2.24, 2.45) is 5.73 Å². The van der Waals surface area contributed by atoms with Crippen LogP contribution < -0.4 is 21.1 Å². The van der Waals surface area contributed by atoms with E-state index in [-0.39, 0.29) is 12.5 Å². The van der Waals surface area contributed by atoms with Crippen molar-refractivity contribution in [3.63, 3.8) is 0 Å². The third-order valence-corrected chi connectivity index (χ3v) is 7.00. The van der Waals surface area contributed by atoms with Crippen LogP contribution in [0.4, 0.5) is 30.4 Å². The molecule has 2 aromatic carbocycles. The number of hydrogen-bond acceptors (Lipinski definition) is 6. The summed E-state index contributed by atoms with van der Waals surface area (Å²) >= 11 is 0. The van der Waals surface area contributed by atoms with Crippen molar-refractivity contribution in [1.29, 1.82) is 0 Å². The van der Waals surface area contributed by atoms with Gasteiger partial charge in [0.05, 0.1) is 31.1 Å². The summed E-state index contributed by atoms with van der Waals surface area (Å²) in [6, 6.07) is 10.7. The molecule has 0 aliphatic heterocycles. The Balaban J connectivity index is 1.64. The van der Waals surface area contributed by atoms with Gasteiger partial charge in [-0.05, 0) is 61.9 Å². The van der Waals surface area contributed by atoms with Crippen LogP contribution >= 0.6 is 0 Å². The fraction of sp³-hybridized carbons (Fsp3) is 0.321. The lowest BCUT2D eigenvalue weighted by molar-refractivity contribution is -0.131. The number of nitrogens with one attached hydrogen (secondary N) is 2. The Hall–Kier alpha value is -4.28. The minimum atomic E-state index is -4.30. The Kier molecular flexibility index (Phi) is 6.83. The molecule has 5 rings (SSSR count). The van der Waals surface area contributed by atoms with Gasteiger partial charge < -0.3 is 21.1 Å². The van der Waals surface area contributed by atoms with Crippen molar-refractivity contribution in [2.75, 3.05) is 24.3 Å². The summed E-state index contributed by atoms with van der Waals surface area (Å²) < 4.78 is 45.8. The number of imidazole rings is 1. The van der Waals surface area contributed by atoms with E-state index in [1.54, 1.807) is 30.0 Å². The highest BCUT2D eigenvalue weighted by Gasteiger charge is 2.31. The van der Waals surface area contributed by atoms with Gasteiger partial charge in [-0.25, -0.2) is 9.50 Å². The zero-order valence-electron chi connectivity index (χ0n) is 21.8. The third kappa shape index (κ3) is 5.34. The summed E-state index contributed by atoms with van der Waals surface area (Å²) in [6.45, 7) is 3.47. The summed E-state index contributed by atoms with van der Waals surface area (Å²) in [5.41, 5.74) is 11.8. The molecule has 0 unspecified atom stereocenters. The number of amides is 1. The van der Waals surface area contributed by atoms with Gasteiger partial charge in [0.1, 0.15) is 5.75 Å². The molecule has 11 heteroatoms. The summed E-state index contributed by atoms with van der Waals surface area (Å²) in [5, 5.41) is 10.9. The molecule has 0 radical (unpaired) electrons. The molecule has 1 aliphatic carbocycles. The summed E-state index contributed by atoms with van der Waals surface area (Å²) in [7, 11) is 1.58. The van der Waals surface area contributed by atoms with Gasteiger partial charge in [0.15, 0.2) is 11.5 Å². The predicted molar refractivity (Wildman–Crippen MR) is 144 cm³/mol. The Morgan fingerprint density at radius 3 is 2.59 bits per heavy atom. The van der Waals surface area contributed by atoms with Crippen LogP contribution in [0.1, 0.15) is 52.2 Å². The van der Waals surface area contributed by atoms with Gasteiger partial charge in [-0.1, -0.05) is 12.1 Å². The van der Waals surface area contributed by atoms with E-state index in [0.29, 0.717) is 34.2 Å². The second kappa shape index (κ2) is 10.1. The monoisotopic (exact) mass is 538 g/mol. The number of rotatable bonds is 9. The van der Waals surface area contributed by atoms with Crippen LogP contribution in [-0.2, 0) is 0 Å². The van der Waals surface area contributed by atoms with Crippen LogP contribution in [-0.4, -0.2) is 40.3 Å². The number of hydrogen-bond donors (Lipinski definition) is 3. The number of halogens is 3. The molecular formula is C28H29F3N6O2. The highest BCUT2D eigenvalue weighted by molar-refractivity contribution is 5.96. The molecular weight excluding hydrogens is 509 g/mol. The summed E-state index contributed by atoms with van der Waals surface area (Å²) in [6.07, 6.45) is -1.65. The van der Waals surface area contributed by atoms with E-state index >= 15 is 0 Å². The molecule has 1 aliphatic rings. The molecule has 204 valence electrons. The fourth-order valence-corrected chi connectivity index (χ4v) is 4.91. The second-order valence-electron chi connectivity index (χ2n) is 9.71. The number of ether oxygens (including phenoxy) is 1. The minimum absolute atomic E-state index is 0.287. The Bertz CT molecular complexity index is 1560. The molecule has 2 aromatic heterocycles. The van der Waals surface area contributed by atoms with Gasteiger partial charge >= 0.3 is 6.18 Å². The Morgan fingerprint density at radius 2 is 1.92 bits per heavy atom. The molecule has 2 heterocycles. The van der Waals surface area contributed by atoms with E-state index < -0.39 is 18.5 Å². The summed E-state index contributed by atoms with van der Waals surface area (Å²) in [4.78, 5) is 16.5. The number of alkyl halides is 3. The molecule has 4 aromatic rings. The maximum absolute atomic E-state index is 12.9. The lowest BCUT2D eigenvalue weighted by Crippen LogP contribution is -2.15. The van der Waals surface area contributed by atoms with Crippen LogP contribution in [0.3, 0.4) is 0 Å². The zero-order chi connectivity index (χ0) is 27.9. The first-order valence-electron chi connectivity index (χ1n) is 12.6. The molecule has 0 bridgehead atoms. The number of benzene rings is 2. The topological polar surface area (TPSA) is 107 Å². The highest BCUT2D eigenvalue weighted by atomic mass is 19.4. The number of methoxy groups -OCH3 is 1. The van der Waals surface area contributed by atoms with Crippen molar-refractivity contribution in [3.05, 3.63) is 64.8 Å². The van der Waals surface area contributed by atoms with E-state index in [1.165, 1.54) is 0 Å². The lowest BCUT2D eigenvalue weighted by Gasteiger charge is -2.17. The van der Waals surface area contributed by atoms with Crippen molar-refractivity contribution in [1.82, 2.24) is 14.6 Å². The van der Waals surface area contributed by atoms with Gasteiger partial charge in [-0.2, -0.15) is 13.2 Å². The van der Waals surface area contributed by atoms with E-state index in [9.17, 15) is 18.0 Å². The van der Waals surface area contributed by atoms with Crippen LogP contribution in [0.15, 0.2) is 42.6 Å². The smallest absolute Gasteiger partial charge is 0.390 e. The normalized spacial score (nSPS) is 13.5. The average Bonchev–Trinajstić information content (AvgIpc) is 3.62. The highest BCUT2D eigenvalue weighted by Crippen LogP contribution is 2.47. The van der Waals surface area contributed by atoms with Crippen LogP contribution in [0.2, 0.25) is 0 Å². The van der Waals surface area contributed by atoms with E-state index in [4.69, 9.17) is 15.6 Å². The molecule has 0 spiro atoms. The Labute approximate surface area is 223 Å². The molecule has 0 saturated heterocycles. The van der Waals surface area contributed by atoms with Gasteiger partial charge in [0.2, 0.25) is 5.91 Å². The van der Waals surface area contributed by atoms with Crippen LogP contribution in [0.5, 0.6) is 5.75 Å². The number of nitrogens with zero attached hydrogens (tertiary/aromatic N) is 3. The molecule has 39 heavy (non-hydrogen) atoms. The molecule has 1 saturated carbocycles. The first kappa shape index (κ1) is 26.3. The Morgan fingerprint density at radius 1 is 1.15 bits per heavy atom. The maximum Gasteiger partial charge on any atom is 0.390 e. The molecule has 1 amide bonds. The fourth-order valence-electron chi connectivity index (χ4n) is 4.91. The molecule has 0 atom stereocenters. The van der Waals surface area contributed by atoms with E-state index in [2.05, 4.69) is 15.6 Å². The standard InChI is InChI=1S/C28H29F3N6O2/c1-15-18(26(32)38)9-10-19(25(15)17-7-8-17)22-14-34-27-21(33-12-11-28(29,30)31)13-24(36-37(22)27)35-20-5-4-6-23(39-3)16(20)2/h4-6,9-10,13-14,17,33H,7-8,11-12H2,1-3H3,(H2,32,38)(H,35,36). The number of anilines is 3. The average molecular weight is 539 g/mol. The number of fused-ring (bicyclic) bond motifs is 1. The van der Waals surface area contributed by atoms with Gasteiger partial charge in [0, 0.05) is 35.0 Å². The van der Waals surface area contributed by atoms with Crippen LogP contribution in [0, 0.1) is 13.8 Å². The number of carbonyl (C=O) groups excluding carboxylic acids is 1. The quantitative estimate of drug-likeness (QED) is 0.238. The number of aromatic nitrogens is 3.